The van der Waals surface area contributed by atoms with Crippen molar-refractivity contribution in [3.63, 3.8) is 0 Å². The molecule has 76 valence electrons. The minimum atomic E-state index is 0.415. The molecule has 1 heterocycles. The van der Waals surface area contributed by atoms with E-state index in [4.69, 9.17) is 16.3 Å². The minimum Gasteiger partial charge on any atom is -0.490 e. The van der Waals surface area contributed by atoms with Crippen LogP contribution in [0.25, 0.3) is 0 Å². The van der Waals surface area contributed by atoms with Gasteiger partial charge in [0.05, 0.1) is 6.61 Å². The summed E-state index contributed by atoms with van der Waals surface area (Å²) < 4.78 is 6.30. The molecular weight excluding hydrogens is 312 g/mol. The highest BCUT2D eigenvalue weighted by molar-refractivity contribution is 14.1. The van der Waals surface area contributed by atoms with Crippen molar-refractivity contribution in [2.75, 3.05) is 6.61 Å². The van der Waals surface area contributed by atoms with E-state index in [-0.39, 0.29) is 0 Å². The topological polar surface area (TPSA) is 22.1 Å². The molecule has 0 atom stereocenters. The lowest BCUT2D eigenvalue weighted by molar-refractivity contribution is 0.320. The first kappa shape index (κ1) is 11.8. The molecule has 0 aromatic carbocycles. The molecule has 0 spiro atoms. The Balaban J connectivity index is 2.55. The van der Waals surface area contributed by atoms with Crippen LogP contribution in [0.15, 0.2) is 24.3 Å². The highest BCUT2D eigenvalue weighted by Gasteiger charge is 2.02. The van der Waals surface area contributed by atoms with Crippen molar-refractivity contribution in [2.24, 2.45) is 0 Å². The summed E-state index contributed by atoms with van der Waals surface area (Å²) in [6.07, 6.45) is 0.836. The van der Waals surface area contributed by atoms with Crippen molar-refractivity contribution in [3.05, 3.63) is 33.1 Å². The van der Waals surface area contributed by atoms with E-state index in [1.54, 1.807) is 0 Å². The van der Waals surface area contributed by atoms with Crippen LogP contribution in [-0.4, -0.2) is 11.6 Å². The lowest BCUT2D eigenvalue weighted by atomic mass is 10.3. The van der Waals surface area contributed by atoms with E-state index in [1.807, 2.05) is 19.1 Å². The smallest absolute Gasteiger partial charge is 0.172 e. The fraction of sp³-hybridized carbons (Fsp3) is 0.300. The number of hydrogen-bond donors (Lipinski definition) is 0. The fourth-order valence-electron chi connectivity index (χ4n) is 0.842. The molecule has 0 fully saturated rings. The zero-order valence-electron chi connectivity index (χ0n) is 7.89. The van der Waals surface area contributed by atoms with Gasteiger partial charge in [-0.2, -0.15) is 0 Å². The highest BCUT2D eigenvalue weighted by atomic mass is 127. The van der Waals surface area contributed by atoms with Crippen molar-refractivity contribution < 1.29 is 4.74 Å². The molecule has 0 aliphatic carbocycles. The zero-order chi connectivity index (χ0) is 10.6. The van der Waals surface area contributed by atoms with E-state index >= 15 is 0 Å². The van der Waals surface area contributed by atoms with Crippen molar-refractivity contribution in [3.8, 4) is 5.75 Å². The Kier molecular flexibility index (Phi) is 4.68. The molecule has 4 heteroatoms. The standard InChI is InChI=1S/C10H11ClINO/c1-7(2)5-6-14-8-3-4-9(12)13-10(8)11/h3-4H,1,5-6H2,2H3. The van der Waals surface area contributed by atoms with Gasteiger partial charge in [0, 0.05) is 6.42 Å². The molecule has 2 nitrogen and oxygen atoms in total. The van der Waals surface area contributed by atoms with Gasteiger partial charge in [-0.1, -0.05) is 17.2 Å². The summed E-state index contributed by atoms with van der Waals surface area (Å²) in [5.41, 5.74) is 1.10. The lowest BCUT2D eigenvalue weighted by Crippen LogP contribution is -1.99. The number of rotatable bonds is 4. The van der Waals surface area contributed by atoms with Crippen LogP contribution in [-0.2, 0) is 0 Å². The Hall–Kier alpha value is -0.290. The molecular formula is C10H11ClINO. The van der Waals surface area contributed by atoms with E-state index in [1.165, 1.54) is 0 Å². The normalized spacial score (nSPS) is 9.93. The summed E-state index contributed by atoms with van der Waals surface area (Å²) in [5.74, 6) is 0.633. The van der Waals surface area contributed by atoms with Crippen molar-refractivity contribution >= 4 is 34.2 Å². The maximum Gasteiger partial charge on any atom is 0.172 e. The van der Waals surface area contributed by atoms with Gasteiger partial charge < -0.3 is 4.74 Å². The molecule has 1 aromatic rings. The van der Waals surface area contributed by atoms with Crippen LogP contribution in [0, 0.1) is 3.70 Å². The molecule has 0 amide bonds. The number of hydrogen-bond acceptors (Lipinski definition) is 2. The van der Waals surface area contributed by atoms with Gasteiger partial charge in [0.15, 0.2) is 10.9 Å². The Morgan fingerprint density at radius 3 is 2.93 bits per heavy atom. The summed E-state index contributed by atoms with van der Waals surface area (Å²) in [6, 6.07) is 3.69. The van der Waals surface area contributed by atoms with Crippen LogP contribution in [0.5, 0.6) is 5.75 Å². The number of ether oxygens (including phenoxy) is 1. The first-order valence-electron chi connectivity index (χ1n) is 4.19. The fourth-order valence-corrected chi connectivity index (χ4v) is 1.61. The monoisotopic (exact) mass is 323 g/mol. The van der Waals surface area contributed by atoms with Crippen molar-refractivity contribution in [1.29, 1.82) is 0 Å². The Morgan fingerprint density at radius 1 is 1.64 bits per heavy atom. The van der Waals surface area contributed by atoms with E-state index in [9.17, 15) is 0 Å². The molecule has 14 heavy (non-hydrogen) atoms. The second-order valence-corrected chi connectivity index (χ2v) is 4.44. The third-order valence-electron chi connectivity index (χ3n) is 1.57. The molecule has 0 saturated heterocycles. The summed E-state index contributed by atoms with van der Waals surface area (Å²) in [7, 11) is 0. The van der Waals surface area contributed by atoms with Crippen molar-refractivity contribution in [2.45, 2.75) is 13.3 Å². The van der Waals surface area contributed by atoms with Gasteiger partial charge in [-0.25, -0.2) is 4.98 Å². The summed E-state index contributed by atoms with van der Waals surface area (Å²) in [6.45, 7) is 6.36. The Morgan fingerprint density at radius 2 is 2.36 bits per heavy atom. The number of halogens is 2. The van der Waals surface area contributed by atoms with Gasteiger partial charge in [-0.15, -0.1) is 6.58 Å². The van der Waals surface area contributed by atoms with Gasteiger partial charge in [0.1, 0.15) is 3.70 Å². The van der Waals surface area contributed by atoms with Gasteiger partial charge in [-0.3, -0.25) is 0 Å². The predicted molar refractivity (Wildman–Crippen MR) is 66.9 cm³/mol. The largest absolute Gasteiger partial charge is 0.490 e. The summed E-state index contributed by atoms with van der Waals surface area (Å²) in [4.78, 5) is 4.08. The van der Waals surface area contributed by atoms with E-state index in [2.05, 4.69) is 34.2 Å². The van der Waals surface area contributed by atoms with Crippen LogP contribution in [0.4, 0.5) is 0 Å². The molecule has 0 aliphatic heterocycles. The maximum absolute atomic E-state index is 5.88. The van der Waals surface area contributed by atoms with E-state index in [0.717, 1.165) is 15.7 Å². The average Bonchev–Trinajstić information content (AvgIpc) is 2.08. The predicted octanol–water partition coefficient (Wildman–Crippen LogP) is 3.68. The molecule has 0 saturated carbocycles. The van der Waals surface area contributed by atoms with E-state index < -0.39 is 0 Å². The third kappa shape index (κ3) is 3.84. The Bertz CT molecular complexity index is 341. The lowest BCUT2D eigenvalue weighted by Gasteiger charge is -2.06. The second kappa shape index (κ2) is 5.56. The molecule has 0 unspecified atom stereocenters. The summed E-state index contributed by atoms with van der Waals surface area (Å²) in [5, 5.41) is 0.415. The van der Waals surface area contributed by atoms with Gasteiger partial charge in [-0.05, 0) is 41.6 Å². The first-order valence-corrected chi connectivity index (χ1v) is 5.64. The zero-order valence-corrected chi connectivity index (χ0v) is 10.8. The van der Waals surface area contributed by atoms with Crippen LogP contribution in [0.3, 0.4) is 0 Å². The van der Waals surface area contributed by atoms with Crippen LogP contribution in [0.1, 0.15) is 13.3 Å². The average molecular weight is 324 g/mol. The molecule has 0 N–H and O–H groups in total. The molecule has 0 bridgehead atoms. The maximum atomic E-state index is 5.88. The van der Waals surface area contributed by atoms with Crippen LogP contribution >= 0.6 is 34.2 Å². The van der Waals surface area contributed by atoms with Gasteiger partial charge >= 0.3 is 0 Å². The molecule has 0 radical (unpaired) electrons. The molecule has 1 rings (SSSR count). The van der Waals surface area contributed by atoms with Crippen LogP contribution in [0.2, 0.25) is 5.15 Å². The first-order chi connectivity index (χ1) is 6.59. The van der Waals surface area contributed by atoms with Gasteiger partial charge in [0.2, 0.25) is 0 Å². The Labute approximate surface area is 102 Å². The third-order valence-corrected chi connectivity index (χ3v) is 2.44. The minimum absolute atomic E-state index is 0.415. The van der Waals surface area contributed by atoms with E-state index in [0.29, 0.717) is 17.5 Å². The molecule has 0 aliphatic rings. The van der Waals surface area contributed by atoms with Crippen molar-refractivity contribution in [1.82, 2.24) is 4.98 Å². The van der Waals surface area contributed by atoms with Crippen LogP contribution < -0.4 is 4.74 Å². The quantitative estimate of drug-likeness (QED) is 0.479. The number of aromatic nitrogens is 1. The number of pyridine rings is 1. The number of nitrogens with zero attached hydrogens (tertiary/aromatic N) is 1. The summed E-state index contributed by atoms with van der Waals surface area (Å²) >= 11 is 7.99. The van der Waals surface area contributed by atoms with Gasteiger partial charge in [0.25, 0.3) is 0 Å². The second-order valence-electron chi connectivity index (χ2n) is 2.98. The highest BCUT2D eigenvalue weighted by Crippen LogP contribution is 2.22. The SMILES string of the molecule is C=C(C)CCOc1ccc(I)nc1Cl. The molecule has 1 aromatic heterocycles.